The Labute approximate surface area is 198 Å². The lowest BCUT2D eigenvalue weighted by Gasteiger charge is -2.20. The van der Waals surface area contributed by atoms with E-state index in [-0.39, 0.29) is 34.0 Å². The molecule has 1 aliphatic carbocycles. The number of ether oxygens (including phenoxy) is 1. The Morgan fingerprint density at radius 1 is 1.12 bits per heavy atom. The summed E-state index contributed by atoms with van der Waals surface area (Å²) in [5, 5.41) is 2.69. The van der Waals surface area contributed by atoms with Crippen LogP contribution in [0.2, 0.25) is 5.02 Å². The number of anilines is 1. The van der Waals surface area contributed by atoms with Crippen LogP contribution in [0.3, 0.4) is 0 Å². The third-order valence-electron chi connectivity index (χ3n) is 6.24. The van der Waals surface area contributed by atoms with Gasteiger partial charge in [0.2, 0.25) is 15.9 Å². The highest BCUT2D eigenvalue weighted by Gasteiger charge is 2.42. The summed E-state index contributed by atoms with van der Waals surface area (Å²) < 4.78 is 32.6. The molecule has 0 bridgehead atoms. The number of hydrogen-bond acceptors (Lipinski definition) is 6. The Kier molecular flexibility index (Phi) is 7.25. The van der Waals surface area contributed by atoms with Crippen molar-refractivity contribution in [2.45, 2.75) is 55.9 Å². The second-order valence-electron chi connectivity index (χ2n) is 8.79. The highest BCUT2D eigenvalue weighted by Crippen LogP contribution is 2.33. The molecule has 1 aromatic carbocycles. The third-order valence-corrected chi connectivity index (χ3v) is 8.46. The minimum absolute atomic E-state index is 0.0470. The maximum absolute atomic E-state index is 13.0. The van der Waals surface area contributed by atoms with Crippen molar-refractivity contribution in [3.63, 3.8) is 0 Å². The highest BCUT2D eigenvalue weighted by molar-refractivity contribution is 7.89. The zero-order valence-corrected chi connectivity index (χ0v) is 19.9. The molecule has 33 heavy (non-hydrogen) atoms. The minimum atomic E-state index is -3.71. The molecule has 11 heteroatoms. The van der Waals surface area contributed by atoms with E-state index < -0.39 is 34.4 Å². The van der Waals surface area contributed by atoms with E-state index in [0.717, 1.165) is 38.5 Å². The van der Waals surface area contributed by atoms with Gasteiger partial charge in [-0.15, -0.1) is 0 Å². The monoisotopic (exact) mass is 497 g/mol. The van der Waals surface area contributed by atoms with Gasteiger partial charge in [-0.1, -0.05) is 24.4 Å². The maximum atomic E-state index is 13.0. The molecule has 3 aliphatic rings. The van der Waals surface area contributed by atoms with Crippen LogP contribution in [0.15, 0.2) is 23.1 Å². The molecule has 0 aromatic heterocycles. The quantitative estimate of drug-likeness (QED) is 0.579. The first-order chi connectivity index (χ1) is 15.8. The van der Waals surface area contributed by atoms with Gasteiger partial charge in [0.1, 0.15) is 0 Å². The van der Waals surface area contributed by atoms with Gasteiger partial charge in [-0.25, -0.2) is 8.42 Å². The van der Waals surface area contributed by atoms with Crippen molar-refractivity contribution in [3.8, 4) is 0 Å². The second kappa shape index (κ2) is 9.99. The van der Waals surface area contributed by atoms with Gasteiger partial charge < -0.3 is 15.0 Å². The van der Waals surface area contributed by atoms with Crippen LogP contribution in [-0.4, -0.2) is 67.7 Å². The number of amides is 2. The molecule has 1 aromatic rings. The molecule has 9 nitrogen and oxygen atoms in total. The van der Waals surface area contributed by atoms with Crippen molar-refractivity contribution in [2.24, 2.45) is 5.92 Å². The number of carbonyl (C=O) groups is 3. The summed E-state index contributed by atoms with van der Waals surface area (Å²) in [5.74, 6) is -1.86. The fraction of sp³-hybridized carbons (Fsp3) is 0.591. The van der Waals surface area contributed by atoms with Crippen LogP contribution in [0.1, 0.15) is 44.9 Å². The molecular formula is C22H28ClN3O6S. The first kappa shape index (κ1) is 24.0. The number of rotatable bonds is 7. The van der Waals surface area contributed by atoms with Gasteiger partial charge >= 0.3 is 5.97 Å². The Morgan fingerprint density at radius 2 is 1.82 bits per heavy atom. The number of carbonyl (C=O) groups excluding carboxylic acids is 3. The summed E-state index contributed by atoms with van der Waals surface area (Å²) in [4.78, 5) is 38.4. The summed E-state index contributed by atoms with van der Waals surface area (Å²) in [6, 6.07) is 4.40. The summed E-state index contributed by atoms with van der Waals surface area (Å²) in [7, 11) is -3.71. The first-order valence-electron chi connectivity index (χ1n) is 11.3. The smallest absolute Gasteiger partial charge is 0.311 e. The van der Waals surface area contributed by atoms with E-state index >= 15 is 0 Å². The second-order valence-corrected chi connectivity index (χ2v) is 11.1. The molecule has 1 N–H and O–H groups in total. The normalized spacial score (nSPS) is 22.2. The van der Waals surface area contributed by atoms with Gasteiger partial charge in [0.05, 0.1) is 21.5 Å². The molecule has 0 unspecified atom stereocenters. The lowest BCUT2D eigenvalue weighted by molar-refractivity contribution is -0.151. The predicted octanol–water partition coefficient (Wildman–Crippen LogP) is 2.40. The van der Waals surface area contributed by atoms with E-state index in [9.17, 15) is 22.8 Å². The number of likely N-dealkylation sites (tertiary alicyclic amines) is 1. The van der Waals surface area contributed by atoms with Crippen molar-refractivity contribution < 1.29 is 27.5 Å². The summed E-state index contributed by atoms with van der Waals surface area (Å²) in [5.41, 5.74) is 0.129. The number of sulfonamides is 1. The number of halogens is 1. The Morgan fingerprint density at radius 3 is 2.48 bits per heavy atom. The Bertz CT molecular complexity index is 1030. The molecular weight excluding hydrogens is 470 g/mol. The number of esters is 1. The van der Waals surface area contributed by atoms with Crippen LogP contribution >= 0.6 is 11.6 Å². The fourth-order valence-electron chi connectivity index (χ4n) is 4.26. The molecule has 180 valence electrons. The van der Waals surface area contributed by atoms with Crippen LogP contribution in [0.5, 0.6) is 0 Å². The van der Waals surface area contributed by atoms with Gasteiger partial charge in [0.25, 0.3) is 5.91 Å². The van der Waals surface area contributed by atoms with E-state index in [0.29, 0.717) is 19.6 Å². The van der Waals surface area contributed by atoms with Crippen LogP contribution in [0, 0.1) is 5.92 Å². The van der Waals surface area contributed by atoms with Crippen molar-refractivity contribution >= 4 is 45.1 Å². The van der Waals surface area contributed by atoms with E-state index in [2.05, 4.69) is 5.32 Å². The molecule has 0 spiro atoms. The van der Waals surface area contributed by atoms with Crippen LogP contribution in [0.25, 0.3) is 0 Å². The summed E-state index contributed by atoms with van der Waals surface area (Å²) >= 11 is 6.16. The molecule has 2 saturated heterocycles. The van der Waals surface area contributed by atoms with Gasteiger partial charge in [0, 0.05) is 32.1 Å². The standard InChI is InChI=1S/C22H28ClN3O6S/c23-18-8-7-17(33(30,31)25-9-3-1-2-4-10-25)12-19(18)24-20(27)14-32-22(29)15-11-21(28)26(13-15)16-5-6-16/h7-8,12,15-16H,1-6,9-11,13-14H2,(H,24,27)/t15-/m1/s1. The van der Waals surface area contributed by atoms with E-state index in [1.165, 1.54) is 22.5 Å². The fourth-order valence-corrected chi connectivity index (χ4v) is 5.97. The van der Waals surface area contributed by atoms with E-state index in [4.69, 9.17) is 16.3 Å². The molecule has 2 aliphatic heterocycles. The molecule has 2 amide bonds. The van der Waals surface area contributed by atoms with E-state index in [1.807, 2.05) is 0 Å². The summed E-state index contributed by atoms with van der Waals surface area (Å²) in [6.45, 7) is 0.702. The molecule has 0 radical (unpaired) electrons. The SMILES string of the molecule is O=C(COC(=O)[C@@H]1CC(=O)N(C2CC2)C1)Nc1cc(S(=O)(=O)N2CCCCCC2)ccc1Cl. The topological polar surface area (TPSA) is 113 Å². The number of nitrogens with one attached hydrogen (secondary N) is 1. The average Bonchev–Trinajstić information content (AvgIpc) is 3.59. The van der Waals surface area contributed by atoms with Crippen molar-refractivity contribution in [1.82, 2.24) is 9.21 Å². The highest BCUT2D eigenvalue weighted by atomic mass is 35.5. The summed E-state index contributed by atoms with van der Waals surface area (Å²) in [6.07, 6.45) is 5.64. The van der Waals surface area contributed by atoms with E-state index in [1.54, 1.807) is 4.90 Å². The van der Waals surface area contributed by atoms with Crippen molar-refractivity contribution in [3.05, 3.63) is 23.2 Å². The van der Waals surface area contributed by atoms with Crippen molar-refractivity contribution in [1.29, 1.82) is 0 Å². The Balaban J connectivity index is 1.35. The average molecular weight is 498 g/mol. The zero-order chi connectivity index (χ0) is 23.6. The number of hydrogen-bond donors (Lipinski definition) is 1. The molecule has 4 rings (SSSR count). The predicted molar refractivity (Wildman–Crippen MR) is 121 cm³/mol. The van der Waals surface area contributed by atoms with Crippen LogP contribution in [-0.2, 0) is 29.1 Å². The molecule has 1 saturated carbocycles. The molecule has 3 fully saturated rings. The largest absolute Gasteiger partial charge is 0.455 e. The van der Waals surface area contributed by atoms with Gasteiger partial charge in [-0.3, -0.25) is 14.4 Å². The lowest BCUT2D eigenvalue weighted by Crippen LogP contribution is -2.32. The minimum Gasteiger partial charge on any atom is -0.455 e. The first-order valence-corrected chi connectivity index (χ1v) is 13.1. The van der Waals surface area contributed by atoms with Crippen molar-refractivity contribution in [2.75, 3.05) is 31.6 Å². The van der Waals surface area contributed by atoms with Gasteiger partial charge in [0.15, 0.2) is 6.61 Å². The molecule has 1 atom stereocenters. The number of nitrogens with zero attached hydrogens (tertiary/aromatic N) is 2. The maximum Gasteiger partial charge on any atom is 0.311 e. The zero-order valence-electron chi connectivity index (χ0n) is 18.3. The van der Waals surface area contributed by atoms with Crippen LogP contribution < -0.4 is 5.32 Å². The third kappa shape index (κ3) is 5.67. The molecule has 2 heterocycles. The number of benzene rings is 1. The van der Waals surface area contributed by atoms with Gasteiger partial charge in [-0.05, 0) is 43.9 Å². The van der Waals surface area contributed by atoms with Crippen LogP contribution in [0.4, 0.5) is 5.69 Å². The Hall–Kier alpha value is -2.17. The van der Waals surface area contributed by atoms with Gasteiger partial charge in [-0.2, -0.15) is 4.31 Å². The lowest BCUT2D eigenvalue weighted by atomic mass is 10.1.